The van der Waals surface area contributed by atoms with E-state index >= 15 is 0 Å². The van der Waals surface area contributed by atoms with E-state index < -0.39 is 11.7 Å². The summed E-state index contributed by atoms with van der Waals surface area (Å²) >= 11 is 3.23. The highest BCUT2D eigenvalue weighted by Gasteiger charge is 2.30. The van der Waals surface area contributed by atoms with E-state index in [9.17, 15) is 13.2 Å². The molecule has 2 rings (SSSR count). The monoisotopic (exact) mass is 320 g/mol. The third-order valence-corrected chi connectivity index (χ3v) is 3.29. The molecule has 0 saturated carbocycles. The Kier molecular flexibility index (Phi) is 3.05. The molecule has 0 aliphatic rings. The second-order valence-corrected chi connectivity index (χ2v) is 4.39. The molecule has 0 atom stereocenters. The fraction of sp³-hybridized carbons (Fsp3) is 0.200. The van der Waals surface area contributed by atoms with Gasteiger partial charge in [-0.2, -0.15) is 23.0 Å². The fourth-order valence-electron chi connectivity index (χ4n) is 1.38. The summed E-state index contributed by atoms with van der Waals surface area (Å²) in [5.74, 6) is 0.522. The number of alkyl halides is 3. The maximum absolute atomic E-state index is 12.4. The summed E-state index contributed by atoms with van der Waals surface area (Å²) in [5.41, 5.74) is 5.57. The molecule has 2 aromatic heterocycles. The quantitative estimate of drug-likeness (QED) is 0.879. The van der Waals surface area contributed by atoms with Crippen molar-refractivity contribution in [1.29, 1.82) is 0 Å². The molecule has 0 saturated heterocycles. The lowest BCUT2D eigenvalue weighted by atomic mass is 10.3. The Morgan fingerprint density at radius 2 is 2.00 bits per heavy atom. The number of pyridine rings is 1. The second-order valence-electron chi connectivity index (χ2n) is 3.60. The average molecular weight is 321 g/mol. The maximum atomic E-state index is 12.4. The highest BCUT2D eigenvalue weighted by atomic mass is 79.9. The molecular weight excluding hydrogens is 313 g/mol. The SMILES string of the molecule is Cc1nn(-c2ccc(C(F)(F)F)cn2)c(N)c1Br. The van der Waals surface area contributed by atoms with Crippen LogP contribution in [0, 0.1) is 6.92 Å². The normalized spacial score (nSPS) is 11.8. The van der Waals surface area contributed by atoms with Crippen molar-refractivity contribution in [3.8, 4) is 5.82 Å². The van der Waals surface area contributed by atoms with Crippen LogP contribution in [0.1, 0.15) is 11.3 Å². The molecule has 0 bridgehead atoms. The zero-order valence-corrected chi connectivity index (χ0v) is 10.7. The lowest BCUT2D eigenvalue weighted by Gasteiger charge is -2.07. The Balaban J connectivity index is 2.44. The summed E-state index contributed by atoms with van der Waals surface area (Å²) in [6.45, 7) is 1.72. The first-order valence-electron chi connectivity index (χ1n) is 4.85. The van der Waals surface area contributed by atoms with Crippen molar-refractivity contribution >= 4 is 21.7 Å². The van der Waals surface area contributed by atoms with Crippen molar-refractivity contribution in [1.82, 2.24) is 14.8 Å². The van der Waals surface area contributed by atoms with Gasteiger partial charge in [0.05, 0.1) is 15.7 Å². The first kappa shape index (κ1) is 12.9. The molecule has 4 nitrogen and oxygen atoms in total. The Morgan fingerprint density at radius 3 is 2.39 bits per heavy atom. The summed E-state index contributed by atoms with van der Waals surface area (Å²) in [6.07, 6.45) is -3.66. The van der Waals surface area contributed by atoms with Crippen molar-refractivity contribution in [3.05, 3.63) is 34.1 Å². The molecule has 8 heteroatoms. The van der Waals surface area contributed by atoms with Crippen LogP contribution in [0.5, 0.6) is 0 Å². The van der Waals surface area contributed by atoms with Crippen molar-refractivity contribution in [2.24, 2.45) is 0 Å². The number of anilines is 1. The van der Waals surface area contributed by atoms with Crippen LogP contribution in [0.3, 0.4) is 0 Å². The van der Waals surface area contributed by atoms with Crippen molar-refractivity contribution in [2.45, 2.75) is 13.1 Å². The van der Waals surface area contributed by atoms with E-state index in [2.05, 4.69) is 26.0 Å². The number of aryl methyl sites for hydroxylation is 1. The van der Waals surface area contributed by atoms with Crippen molar-refractivity contribution in [2.75, 3.05) is 5.73 Å². The summed E-state index contributed by atoms with van der Waals surface area (Å²) < 4.78 is 39.0. The van der Waals surface area contributed by atoms with Crippen LogP contribution in [0.15, 0.2) is 22.8 Å². The summed E-state index contributed by atoms with van der Waals surface area (Å²) in [6, 6.07) is 2.16. The zero-order chi connectivity index (χ0) is 13.5. The van der Waals surface area contributed by atoms with Gasteiger partial charge in [0.1, 0.15) is 5.82 Å². The number of halogens is 4. The smallest absolute Gasteiger partial charge is 0.383 e. The summed E-state index contributed by atoms with van der Waals surface area (Å²) in [4.78, 5) is 3.71. The highest BCUT2D eigenvalue weighted by Crippen LogP contribution is 2.30. The van der Waals surface area contributed by atoms with Gasteiger partial charge in [0.25, 0.3) is 0 Å². The van der Waals surface area contributed by atoms with Gasteiger partial charge in [-0.3, -0.25) is 0 Å². The lowest BCUT2D eigenvalue weighted by Crippen LogP contribution is -2.08. The molecule has 0 aromatic carbocycles. The van der Waals surface area contributed by atoms with Gasteiger partial charge in [0.2, 0.25) is 0 Å². The van der Waals surface area contributed by atoms with Gasteiger partial charge in [0, 0.05) is 6.20 Å². The van der Waals surface area contributed by atoms with E-state index in [4.69, 9.17) is 5.73 Å². The predicted octanol–water partition coefficient (Wildman–Crippen LogP) is 2.94. The minimum absolute atomic E-state index is 0.231. The molecule has 2 N–H and O–H groups in total. The van der Waals surface area contributed by atoms with Crippen LogP contribution in [0.25, 0.3) is 5.82 Å². The Labute approximate surface area is 109 Å². The lowest BCUT2D eigenvalue weighted by molar-refractivity contribution is -0.137. The van der Waals surface area contributed by atoms with E-state index in [0.29, 0.717) is 16.0 Å². The molecule has 18 heavy (non-hydrogen) atoms. The van der Waals surface area contributed by atoms with Crippen molar-refractivity contribution in [3.63, 3.8) is 0 Å². The molecule has 2 aromatic rings. The van der Waals surface area contributed by atoms with E-state index in [1.54, 1.807) is 6.92 Å². The van der Waals surface area contributed by atoms with Crippen molar-refractivity contribution < 1.29 is 13.2 Å². The number of hydrogen-bond acceptors (Lipinski definition) is 3. The van der Waals surface area contributed by atoms with Gasteiger partial charge in [0.15, 0.2) is 5.82 Å². The van der Waals surface area contributed by atoms with E-state index in [1.165, 1.54) is 10.7 Å². The van der Waals surface area contributed by atoms with Gasteiger partial charge in [-0.25, -0.2) is 4.98 Å². The first-order valence-corrected chi connectivity index (χ1v) is 5.64. The molecule has 2 heterocycles. The number of aromatic nitrogens is 3. The van der Waals surface area contributed by atoms with Crippen LogP contribution in [-0.4, -0.2) is 14.8 Å². The molecule has 0 aliphatic heterocycles. The first-order chi connectivity index (χ1) is 8.30. The number of nitrogen functional groups attached to an aromatic ring is 1. The fourth-order valence-corrected chi connectivity index (χ4v) is 1.63. The van der Waals surface area contributed by atoms with Gasteiger partial charge in [-0.05, 0) is 35.0 Å². The molecule has 0 fully saturated rings. The second kappa shape index (κ2) is 4.27. The van der Waals surface area contributed by atoms with E-state index in [1.807, 2.05) is 0 Å². The minimum atomic E-state index is -4.41. The third-order valence-electron chi connectivity index (χ3n) is 2.31. The molecule has 0 unspecified atom stereocenters. The number of nitrogens with zero attached hydrogens (tertiary/aromatic N) is 3. The molecule has 0 radical (unpaired) electrons. The number of nitrogens with two attached hydrogens (primary N) is 1. The number of hydrogen-bond donors (Lipinski definition) is 1. The Bertz CT molecular complexity index is 574. The topological polar surface area (TPSA) is 56.7 Å². The molecular formula is C10H8BrF3N4. The van der Waals surface area contributed by atoms with Crippen LogP contribution >= 0.6 is 15.9 Å². The summed E-state index contributed by atoms with van der Waals surface area (Å²) in [7, 11) is 0. The average Bonchev–Trinajstić information content (AvgIpc) is 2.56. The highest BCUT2D eigenvalue weighted by molar-refractivity contribution is 9.10. The van der Waals surface area contributed by atoms with Gasteiger partial charge in [-0.15, -0.1) is 0 Å². The summed E-state index contributed by atoms with van der Waals surface area (Å²) in [5, 5.41) is 4.07. The Hall–Kier alpha value is -1.57. The molecule has 96 valence electrons. The van der Waals surface area contributed by atoms with Gasteiger partial charge < -0.3 is 5.73 Å². The van der Waals surface area contributed by atoms with Gasteiger partial charge >= 0.3 is 6.18 Å². The predicted molar refractivity (Wildman–Crippen MR) is 63.2 cm³/mol. The zero-order valence-electron chi connectivity index (χ0n) is 9.16. The van der Waals surface area contributed by atoms with Crippen LogP contribution < -0.4 is 5.73 Å². The molecule has 0 amide bonds. The van der Waals surface area contributed by atoms with E-state index in [0.717, 1.165) is 12.3 Å². The van der Waals surface area contributed by atoms with Crippen LogP contribution in [0.4, 0.5) is 19.0 Å². The van der Waals surface area contributed by atoms with Crippen LogP contribution in [0.2, 0.25) is 0 Å². The molecule has 0 spiro atoms. The van der Waals surface area contributed by atoms with Gasteiger partial charge in [-0.1, -0.05) is 0 Å². The maximum Gasteiger partial charge on any atom is 0.417 e. The number of rotatable bonds is 1. The standard InChI is InChI=1S/C10H8BrF3N4/c1-5-8(11)9(15)18(17-5)7-3-2-6(4-16-7)10(12,13)14/h2-4H,15H2,1H3. The Morgan fingerprint density at radius 1 is 1.33 bits per heavy atom. The molecule has 0 aliphatic carbocycles. The largest absolute Gasteiger partial charge is 0.417 e. The van der Waals surface area contributed by atoms with Crippen LogP contribution in [-0.2, 0) is 6.18 Å². The minimum Gasteiger partial charge on any atom is -0.383 e. The van der Waals surface area contributed by atoms with E-state index in [-0.39, 0.29) is 5.82 Å². The third kappa shape index (κ3) is 2.20.